The van der Waals surface area contributed by atoms with Gasteiger partial charge >= 0.3 is 0 Å². The lowest BCUT2D eigenvalue weighted by Gasteiger charge is -2.15. The third-order valence-electron chi connectivity index (χ3n) is 8.82. The monoisotopic (exact) mass is 686 g/mol. The maximum absolute atomic E-state index is 11.5. The van der Waals surface area contributed by atoms with E-state index in [1.165, 1.54) is 5.56 Å². The van der Waals surface area contributed by atoms with Gasteiger partial charge in [-0.15, -0.1) is 0 Å². The quantitative estimate of drug-likeness (QED) is 0.126. The Bertz CT molecular complexity index is 1940. The van der Waals surface area contributed by atoms with E-state index in [1.807, 2.05) is 73.1 Å². The highest BCUT2D eigenvalue weighted by atomic mass is 35.5. The molecule has 3 N–H and O–H groups in total. The van der Waals surface area contributed by atoms with Gasteiger partial charge in [-0.05, 0) is 37.1 Å². The summed E-state index contributed by atoms with van der Waals surface area (Å²) < 4.78 is 13.1. The van der Waals surface area contributed by atoms with Crippen LogP contribution in [-0.2, 0) is 29.7 Å². The molecular formula is C37H40Cl2N6O3. The number of carbonyl (C=O) groups is 1. The number of aromatic nitrogens is 3. The number of pyridine rings is 2. The van der Waals surface area contributed by atoms with Crippen LogP contribution in [0.3, 0.4) is 0 Å². The molecule has 1 aliphatic heterocycles. The summed E-state index contributed by atoms with van der Waals surface area (Å²) in [4.78, 5) is 21.3. The van der Waals surface area contributed by atoms with Crippen molar-refractivity contribution in [1.29, 1.82) is 0 Å². The summed E-state index contributed by atoms with van der Waals surface area (Å²) in [7, 11) is 5.33. The van der Waals surface area contributed by atoms with Gasteiger partial charge in [-0.1, -0.05) is 65.7 Å². The Balaban J connectivity index is 1.25. The first-order valence-corrected chi connectivity index (χ1v) is 16.8. The van der Waals surface area contributed by atoms with Crippen LogP contribution in [0.25, 0.3) is 44.7 Å². The van der Waals surface area contributed by atoms with Gasteiger partial charge in [0.1, 0.15) is 5.65 Å². The first kappa shape index (κ1) is 33.9. The molecule has 9 nitrogen and oxygen atoms in total. The van der Waals surface area contributed by atoms with Crippen molar-refractivity contribution in [3.63, 3.8) is 0 Å². The van der Waals surface area contributed by atoms with Gasteiger partial charge in [-0.25, -0.2) is 9.97 Å². The number of nitrogens with one attached hydrogen (secondary N) is 3. The molecule has 3 aromatic heterocycles. The summed E-state index contributed by atoms with van der Waals surface area (Å²) in [6, 6.07) is 20.0. The zero-order valence-electron chi connectivity index (χ0n) is 27.6. The molecule has 6 rings (SSSR count). The normalized spacial score (nSPS) is 15.2. The average Bonchev–Trinajstić information content (AvgIpc) is 3.66. The van der Waals surface area contributed by atoms with Gasteiger partial charge < -0.3 is 30.0 Å². The summed E-state index contributed by atoms with van der Waals surface area (Å²) >= 11 is 14.2. The molecule has 0 radical (unpaired) electrons. The molecule has 0 bridgehead atoms. The molecule has 0 spiro atoms. The van der Waals surface area contributed by atoms with Crippen molar-refractivity contribution in [1.82, 2.24) is 30.5 Å². The molecule has 0 aliphatic carbocycles. The maximum atomic E-state index is 11.5. The van der Waals surface area contributed by atoms with Crippen LogP contribution in [0.15, 0.2) is 66.9 Å². The van der Waals surface area contributed by atoms with Gasteiger partial charge in [0.15, 0.2) is 0 Å². The summed E-state index contributed by atoms with van der Waals surface area (Å²) in [5, 5.41) is 12.0. The number of fused-ring (bicyclic) bond motifs is 1. The van der Waals surface area contributed by atoms with E-state index < -0.39 is 0 Å². The minimum Gasteiger partial charge on any atom is -0.481 e. The highest BCUT2D eigenvalue weighted by Crippen LogP contribution is 2.42. The smallest absolute Gasteiger partial charge is 0.220 e. The number of aryl methyl sites for hydroxylation is 1. The number of benzene rings is 2. The van der Waals surface area contributed by atoms with Gasteiger partial charge in [0.2, 0.25) is 11.8 Å². The van der Waals surface area contributed by atoms with Crippen molar-refractivity contribution in [2.75, 3.05) is 27.3 Å². The van der Waals surface area contributed by atoms with E-state index in [2.05, 4.69) is 28.2 Å². The number of ether oxygens (including phenoxy) is 2. The lowest BCUT2D eigenvalue weighted by molar-refractivity contribution is -0.119. The second kappa shape index (κ2) is 15.1. The lowest BCUT2D eigenvalue weighted by Crippen LogP contribution is -2.35. The predicted octanol–water partition coefficient (Wildman–Crippen LogP) is 6.78. The minimum absolute atomic E-state index is 0.106. The number of amides is 1. The molecule has 1 amide bonds. The van der Waals surface area contributed by atoms with Crippen LogP contribution in [0.5, 0.6) is 5.88 Å². The third kappa shape index (κ3) is 7.21. The fraction of sp³-hybridized carbons (Fsp3) is 0.324. The molecule has 48 heavy (non-hydrogen) atoms. The van der Waals surface area contributed by atoms with Crippen LogP contribution >= 0.6 is 23.2 Å². The average molecular weight is 688 g/mol. The molecule has 5 aromatic rings. The molecular weight excluding hydrogens is 647 g/mol. The summed E-state index contributed by atoms with van der Waals surface area (Å²) in [5.74, 6) is 0.622. The standard InChI is InChI=1S/C37H40Cl2N6O3/c1-22(47-3)17-40-19-24-21-45(2)36-26(24)13-15-31(43-36)29-9-5-7-27(34(29)38)28-8-6-10-30(35(28)39)32-14-11-23(37(44-32)48-4)18-41-20-25-12-16-33(46)42-25/h5-11,13-15,21-22,25,40-41H,12,16-20H2,1-4H3,(H,42,46). The molecule has 2 atom stereocenters. The number of carbonyl (C=O) groups excluding carboxylic acids is 1. The van der Waals surface area contributed by atoms with E-state index >= 15 is 0 Å². The maximum Gasteiger partial charge on any atom is 0.220 e. The second-order valence-electron chi connectivity index (χ2n) is 12.1. The summed E-state index contributed by atoms with van der Waals surface area (Å²) in [6.45, 7) is 4.77. The third-order valence-corrected chi connectivity index (χ3v) is 9.63. The van der Waals surface area contributed by atoms with E-state index in [1.54, 1.807) is 14.2 Å². The zero-order chi connectivity index (χ0) is 33.8. The van der Waals surface area contributed by atoms with Crippen molar-refractivity contribution in [3.8, 4) is 39.5 Å². The van der Waals surface area contributed by atoms with Crippen LogP contribution in [0.4, 0.5) is 0 Å². The van der Waals surface area contributed by atoms with Gasteiger partial charge in [0.25, 0.3) is 0 Å². The van der Waals surface area contributed by atoms with Crippen molar-refractivity contribution in [3.05, 3.63) is 88.0 Å². The van der Waals surface area contributed by atoms with Gasteiger partial charge in [-0.2, -0.15) is 0 Å². The topological polar surface area (TPSA) is 102 Å². The van der Waals surface area contributed by atoms with Gasteiger partial charge in [-0.3, -0.25) is 4.79 Å². The Morgan fingerprint density at radius 2 is 1.54 bits per heavy atom. The lowest BCUT2D eigenvalue weighted by atomic mass is 9.98. The molecule has 4 heterocycles. The minimum atomic E-state index is 0.106. The Labute approximate surface area is 291 Å². The van der Waals surface area contributed by atoms with Crippen molar-refractivity contribution >= 4 is 40.1 Å². The molecule has 2 aromatic carbocycles. The van der Waals surface area contributed by atoms with Gasteiger partial charge in [0.05, 0.1) is 34.6 Å². The Morgan fingerprint density at radius 3 is 2.19 bits per heavy atom. The highest BCUT2D eigenvalue weighted by Gasteiger charge is 2.21. The molecule has 0 saturated carbocycles. The first-order valence-electron chi connectivity index (χ1n) is 16.1. The number of rotatable bonds is 13. The first-order chi connectivity index (χ1) is 23.3. The predicted molar refractivity (Wildman–Crippen MR) is 192 cm³/mol. The molecule has 250 valence electrons. The van der Waals surface area contributed by atoms with Crippen LogP contribution in [-0.4, -0.2) is 59.9 Å². The van der Waals surface area contributed by atoms with E-state index in [0.29, 0.717) is 41.1 Å². The summed E-state index contributed by atoms with van der Waals surface area (Å²) in [6.07, 6.45) is 3.67. The second-order valence-corrected chi connectivity index (χ2v) is 12.9. The summed E-state index contributed by atoms with van der Waals surface area (Å²) in [5.41, 5.74) is 7.63. The Hall–Kier alpha value is -3.99. The van der Waals surface area contributed by atoms with Crippen LogP contribution in [0, 0.1) is 0 Å². The largest absolute Gasteiger partial charge is 0.481 e. The number of halogens is 2. The van der Waals surface area contributed by atoms with Crippen molar-refractivity contribution < 1.29 is 14.3 Å². The van der Waals surface area contributed by atoms with Crippen molar-refractivity contribution in [2.24, 2.45) is 7.05 Å². The molecule has 1 fully saturated rings. The number of hydrogen-bond donors (Lipinski definition) is 3. The molecule has 11 heteroatoms. The van der Waals surface area contributed by atoms with Crippen LogP contribution in [0.1, 0.15) is 30.9 Å². The molecule has 2 unspecified atom stereocenters. The highest BCUT2D eigenvalue weighted by molar-refractivity contribution is 6.39. The molecule has 1 saturated heterocycles. The number of hydrogen-bond acceptors (Lipinski definition) is 7. The number of nitrogens with zero attached hydrogens (tertiary/aromatic N) is 3. The van der Waals surface area contributed by atoms with Crippen LogP contribution < -0.4 is 20.7 Å². The van der Waals surface area contributed by atoms with Crippen molar-refractivity contribution in [2.45, 2.75) is 45.0 Å². The van der Waals surface area contributed by atoms with E-state index in [9.17, 15) is 4.79 Å². The van der Waals surface area contributed by atoms with E-state index in [-0.39, 0.29) is 18.1 Å². The number of methoxy groups -OCH3 is 2. The molecule has 1 aliphatic rings. The van der Waals surface area contributed by atoms with Crippen LogP contribution in [0.2, 0.25) is 10.0 Å². The Morgan fingerprint density at radius 1 is 0.896 bits per heavy atom. The fourth-order valence-electron chi connectivity index (χ4n) is 6.13. The Kier molecular flexibility index (Phi) is 10.6. The zero-order valence-corrected chi connectivity index (χ0v) is 29.1. The SMILES string of the molecule is COc1nc(-c2cccc(-c3cccc(-c4ccc5c(CNCC(C)OC)cn(C)c5n4)c3Cl)c2Cl)ccc1CNCC1CCC(=O)N1. The van der Waals surface area contributed by atoms with E-state index in [4.69, 9.17) is 42.6 Å². The van der Waals surface area contributed by atoms with E-state index in [0.717, 1.165) is 64.1 Å². The van der Waals surface area contributed by atoms with Gasteiger partial charge in [0, 0.05) is 92.2 Å². The fourth-order valence-corrected chi connectivity index (χ4v) is 6.78.